The van der Waals surface area contributed by atoms with Gasteiger partial charge in [-0.2, -0.15) is 0 Å². The quantitative estimate of drug-likeness (QED) is 0.760. The average Bonchev–Trinajstić information content (AvgIpc) is 3.13. The first kappa shape index (κ1) is 14.3. The van der Waals surface area contributed by atoms with E-state index in [4.69, 9.17) is 5.11 Å². The summed E-state index contributed by atoms with van der Waals surface area (Å²) in [7, 11) is 0. The third-order valence-electron chi connectivity index (χ3n) is 3.09. The lowest BCUT2D eigenvalue weighted by Crippen LogP contribution is -2.42. The molecule has 20 heavy (non-hydrogen) atoms. The number of carboxylic acids is 1. The maximum Gasteiger partial charge on any atom is 0.358 e. The summed E-state index contributed by atoms with van der Waals surface area (Å²) in [5.74, 6) is -1.11. The average molecular weight is 281 g/mol. The first-order valence-electron chi connectivity index (χ1n) is 6.79. The molecule has 0 bridgehead atoms. The number of amides is 2. The van der Waals surface area contributed by atoms with Crippen molar-refractivity contribution in [2.45, 2.75) is 38.8 Å². The van der Waals surface area contributed by atoms with Gasteiger partial charge in [-0.15, -0.1) is 5.10 Å². The van der Waals surface area contributed by atoms with Crippen LogP contribution in [0.3, 0.4) is 0 Å². The fourth-order valence-electron chi connectivity index (χ4n) is 1.96. The molecule has 1 saturated carbocycles. The SMILES string of the molecule is CCCN(C(=O)NCCn1cc(C(=O)O)nn1)C1CC1. The predicted octanol–water partition coefficient (Wildman–Crippen LogP) is 0.560. The molecule has 1 fully saturated rings. The van der Waals surface area contributed by atoms with Crippen LogP contribution in [0.15, 0.2) is 6.20 Å². The van der Waals surface area contributed by atoms with Crippen LogP contribution < -0.4 is 5.32 Å². The van der Waals surface area contributed by atoms with E-state index in [0.717, 1.165) is 25.8 Å². The molecule has 2 rings (SSSR count). The predicted molar refractivity (Wildman–Crippen MR) is 70.4 cm³/mol. The molecule has 0 unspecified atom stereocenters. The Hall–Kier alpha value is -2.12. The number of nitrogens with one attached hydrogen (secondary N) is 1. The number of carbonyl (C=O) groups excluding carboxylic acids is 1. The Morgan fingerprint density at radius 2 is 2.30 bits per heavy atom. The Morgan fingerprint density at radius 3 is 2.85 bits per heavy atom. The van der Waals surface area contributed by atoms with Crippen LogP contribution in [0.2, 0.25) is 0 Å². The van der Waals surface area contributed by atoms with Crippen molar-refractivity contribution in [3.63, 3.8) is 0 Å². The Kier molecular flexibility index (Phi) is 4.54. The summed E-state index contributed by atoms with van der Waals surface area (Å²) in [4.78, 5) is 24.5. The van der Waals surface area contributed by atoms with Crippen LogP contribution >= 0.6 is 0 Å². The van der Waals surface area contributed by atoms with Crippen LogP contribution in [0.1, 0.15) is 36.7 Å². The van der Waals surface area contributed by atoms with Crippen molar-refractivity contribution in [1.29, 1.82) is 0 Å². The van der Waals surface area contributed by atoms with Crippen LogP contribution in [0, 0.1) is 0 Å². The zero-order valence-electron chi connectivity index (χ0n) is 11.4. The Bertz CT molecular complexity index is 483. The molecular formula is C12H19N5O3. The minimum Gasteiger partial charge on any atom is -0.476 e. The fourth-order valence-corrected chi connectivity index (χ4v) is 1.96. The van der Waals surface area contributed by atoms with Crippen LogP contribution in [-0.4, -0.2) is 56.1 Å². The first-order chi connectivity index (χ1) is 9.61. The second-order valence-electron chi connectivity index (χ2n) is 4.83. The summed E-state index contributed by atoms with van der Waals surface area (Å²) in [5.41, 5.74) is -0.0954. The number of aromatic nitrogens is 3. The van der Waals surface area contributed by atoms with Crippen LogP contribution in [0.5, 0.6) is 0 Å². The van der Waals surface area contributed by atoms with Crippen LogP contribution in [-0.2, 0) is 6.54 Å². The van der Waals surface area contributed by atoms with Crippen molar-refractivity contribution in [1.82, 2.24) is 25.2 Å². The van der Waals surface area contributed by atoms with Gasteiger partial charge < -0.3 is 15.3 Å². The minimum absolute atomic E-state index is 0.0621. The molecule has 1 aliphatic rings. The smallest absolute Gasteiger partial charge is 0.358 e. The molecule has 0 saturated heterocycles. The molecule has 0 atom stereocenters. The number of nitrogens with zero attached hydrogens (tertiary/aromatic N) is 4. The molecule has 2 amide bonds. The summed E-state index contributed by atoms with van der Waals surface area (Å²) < 4.78 is 1.41. The maximum absolute atomic E-state index is 12.0. The molecule has 0 aliphatic heterocycles. The summed E-state index contributed by atoms with van der Waals surface area (Å²) in [6, 6.07) is 0.327. The van der Waals surface area contributed by atoms with E-state index in [1.165, 1.54) is 10.9 Å². The molecular weight excluding hydrogens is 262 g/mol. The van der Waals surface area contributed by atoms with E-state index in [2.05, 4.69) is 15.6 Å². The van der Waals surface area contributed by atoms with Gasteiger partial charge in [-0.25, -0.2) is 14.3 Å². The second kappa shape index (κ2) is 6.36. The van der Waals surface area contributed by atoms with Gasteiger partial charge in [0.05, 0.1) is 12.7 Å². The molecule has 1 heterocycles. The van der Waals surface area contributed by atoms with Gasteiger partial charge in [-0.05, 0) is 19.3 Å². The zero-order chi connectivity index (χ0) is 14.5. The molecule has 2 N–H and O–H groups in total. The van der Waals surface area contributed by atoms with E-state index >= 15 is 0 Å². The highest BCUT2D eigenvalue weighted by Gasteiger charge is 2.31. The lowest BCUT2D eigenvalue weighted by Gasteiger charge is -2.22. The number of hydrogen-bond acceptors (Lipinski definition) is 4. The van der Waals surface area contributed by atoms with Gasteiger partial charge in [0.2, 0.25) is 0 Å². The third kappa shape index (κ3) is 3.69. The van der Waals surface area contributed by atoms with E-state index in [-0.39, 0.29) is 11.7 Å². The Balaban J connectivity index is 1.76. The highest BCUT2D eigenvalue weighted by atomic mass is 16.4. The molecule has 0 radical (unpaired) electrons. The first-order valence-corrected chi connectivity index (χ1v) is 6.79. The van der Waals surface area contributed by atoms with Crippen molar-refractivity contribution < 1.29 is 14.7 Å². The number of hydrogen-bond donors (Lipinski definition) is 2. The van der Waals surface area contributed by atoms with Crippen molar-refractivity contribution in [3.05, 3.63) is 11.9 Å². The summed E-state index contributed by atoms with van der Waals surface area (Å²) >= 11 is 0. The van der Waals surface area contributed by atoms with Crippen molar-refractivity contribution in [2.24, 2.45) is 0 Å². The number of urea groups is 1. The minimum atomic E-state index is -1.11. The topological polar surface area (TPSA) is 100 Å². The summed E-state index contributed by atoms with van der Waals surface area (Å²) in [6.45, 7) is 3.61. The number of rotatable bonds is 7. The molecule has 0 spiro atoms. The zero-order valence-corrected chi connectivity index (χ0v) is 11.4. The molecule has 1 aromatic rings. The highest BCUT2D eigenvalue weighted by Crippen LogP contribution is 2.26. The molecule has 0 aromatic carbocycles. The lowest BCUT2D eigenvalue weighted by atomic mass is 10.4. The Labute approximate surface area is 116 Å². The molecule has 8 heteroatoms. The molecule has 1 aliphatic carbocycles. The van der Waals surface area contributed by atoms with E-state index < -0.39 is 5.97 Å². The standard InChI is InChI=1S/C12H19N5O3/c1-2-6-17(9-3-4-9)12(20)13-5-7-16-8-10(11(18)19)14-15-16/h8-9H,2-7H2,1H3,(H,13,20)(H,18,19). The normalized spacial score (nSPS) is 14.1. The van der Waals surface area contributed by atoms with Crippen molar-refractivity contribution in [3.8, 4) is 0 Å². The van der Waals surface area contributed by atoms with Gasteiger partial charge in [-0.3, -0.25) is 0 Å². The second-order valence-corrected chi connectivity index (χ2v) is 4.83. The van der Waals surface area contributed by atoms with Crippen LogP contribution in [0.4, 0.5) is 4.79 Å². The van der Waals surface area contributed by atoms with Gasteiger partial charge in [0.15, 0.2) is 5.69 Å². The Morgan fingerprint density at radius 1 is 1.55 bits per heavy atom. The number of carbonyl (C=O) groups is 2. The lowest BCUT2D eigenvalue weighted by molar-refractivity contribution is 0.0690. The van der Waals surface area contributed by atoms with E-state index in [9.17, 15) is 9.59 Å². The molecule has 1 aromatic heterocycles. The summed E-state index contributed by atoms with van der Waals surface area (Å²) in [6.07, 6.45) is 4.45. The van der Waals surface area contributed by atoms with Gasteiger partial charge in [0, 0.05) is 19.1 Å². The van der Waals surface area contributed by atoms with E-state index in [1.54, 1.807) is 0 Å². The third-order valence-corrected chi connectivity index (χ3v) is 3.09. The molecule has 110 valence electrons. The van der Waals surface area contributed by atoms with Crippen molar-refractivity contribution >= 4 is 12.0 Å². The van der Waals surface area contributed by atoms with Crippen LogP contribution in [0.25, 0.3) is 0 Å². The fraction of sp³-hybridized carbons (Fsp3) is 0.667. The van der Waals surface area contributed by atoms with Gasteiger partial charge in [0.1, 0.15) is 0 Å². The van der Waals surface area contributed by atoms with Gasteiger partial charge in [0.25, 0.3) is 0 Å². The van der Waals surface area contributed by atoms with E-state index in [0.29, 0.717) is 19.1 Å². The largest absolute Gasteiger partial charge is 0.476 e. The number of aromatic carboxylic acids is 1. The maximum atomic E-state index is 12.0. The number of carboxylic acid groups (broad SMARTS) is 1. The van der Waals surface area contributed by atoms with Gasteiger partial charge >= 0.3 is 12.0 Å². The monoisotopic (exact) mass is 281 g/mol. The van der Waals surface area contributed by atoms with Crippen molar-refractivity contribution in [2.75, 3.05) is 13.1 Å². The summed E-state index contributed by atoms with van der Waals surface area (Å²) in [5, 5.41) is 18.7. The van der Waals surface area contributed by atoms with Gasteiger partial charge in [-0.1, -0.05) is 12.1 Å². The highest BCUT2D eigenvalue weighted by molar-refractivity contribution is 5.84. The van der Waals surface area contributed by atoms with E-state index in [1.807, 2.05) is 11.8 Å². The molecule has 8 nitrogen and oxygen atoms in total.